The molecule has 0 aliphatic carbocycles. The number of nitrogens with one attached hydrogen (secondary N) is 1. The quantitative estimate of drug-likeness (QED) is 0.253. The molecule has 0 unspecified atom stereocenters. The van der Waals surface area contributed by atoms with Crippen molar-refractivity contribution in [2.24, 2.45) is 0 Å². The number of carbonyl (C=O) groups excluding carboxylic acids is 1. The first kappa shape index (κ1) is 18.6. The third-order valence-corrected chi connectivity index (χ3v) is 4.50. The Morgan fingerprint density at radius 2 is 2.15 bits per heavy atom. The van der Waals surface area contributed by atoms with Crippen LogP contribution in [0.4, 0.5) is 11.4 Å². The largest absolute Gasteiger partial charge is 0.459 e. The molecule has 0 atom stereocenters. The number of para-hydroxylation sites is 2. The van der Waals surface area contributed by atoms with E-state index in [0.717, 1.165) is 4.88 Å². The summed E-state index contributed by atoms with van der Waals surface area (Å²) < 4.78 is 10.5. The molecule has 27 heavy (non-hydrogen) atoms. The molecule has 0 bridgehead atoms. The number of aromatic nitrogens is 1. The summed E-state index contributed by atoms with van der Waals surface area (Å²) in [6.07, 6.45) is 2.16. The number of carbonyl (C=O) groups is 1. The first-order chi connectivity index (χ1) is 13.1. The van der Waals surface area contributed by atoms with Crippen LogP contribution in [0.25, 0.3) is 10.8 Å². The maximum absolute atomic E-state index is 11.8. The van der Waals surface area contributed by atoms with Crippen LogP contribution in [0.1, 0.15) is 18.5 Å². The molecular weight excluding hydrogens is 370 g/mol. The highest BCUT2D eigenvalue weighted by Crippen LogP contribution is 2.24. The maximum atomic E-state index is 11.8. The summed E-state index contributed by atoms with van der Waals surface area (Å²) in [4.78, 5) is 27.5. The summed E-state index contributed by atoms with van der Waals surface area (Å²) in [5.74, 6) is 0.143. The predicted octanol–water partition coefficient (Wildman–Crippen LogP) is 4.25. The Morgan fingerprint density at radius 1 is 1.30 bits per heavy atom. The first-order valence-corrected chi connectivity index (χ1v) is 9.12. The van der Waals surface area contributed by atoms with Gasteiger partial charge in [-0.25, -0.2) is 4.98 Å². The lowest BCUT2D eigenvalue weighted by Gasteiger charge is -2.06. The molecule has 140 valence electrons. The van der Waals surface area contributed by atoms with Gasteiger partial charge in [-0.05, 0) is 23.9 Å². The lowest BCUT2D eigenvalue weighted by Crippen LogP contribution is -2.09. The van der Waals surface area contributed by atoms with Crippen molar-refractivity contribution in [2.45, 2.75) is 19.4 Å². The van der Waals surface area contributed by atoms with Crippen LogP contribution in [0.5, 0.6) is 0 Å². The predicted molar refractivity (Wildman–Crippen MR) is 100 cm³/mol. The Balaban J connectivity index is 1.39. The summed E-state index contributed by atoms with van der Waals surface area (Å²) in [7, 11) is 0. The molecule has 0 saturated carbocycles. The van der Waals surface area contributed by atoms with Crippen LogP contribution in [0, 0.1) is 10.1 Å². The molecule has 3 rings (SSSR count). The van der Waals surface area contributed by atoms with E-state index in [1.807, 2.05) is 17.5 Å². The van der Waals surface area contributed by atoms with Gasteiger partial charge in [0.1, 0.15) is 24.3 Å². The standard InChI is InChI=1S/C18H17N3O5S/c22-17(8-3-9-19-14-5-1-2-6-15(14)21(23)24)25-11-13-12-26-18(20-13)16-7-4-10-27-16/h1-2,4-7,10,12,19H,3,8-9,11H2. The smallest absolute Gasteiger partial charge is 0.306 e. The number of hydrogen-bond acceptors (Lipinski definition) is 8. The van der Waals surface area contributed by atoms with Gasteiger partial charge in [0, 0.05) is 19.0 Å². The third kappa shape index (κ3) is 5.14. The molecule has 1 aromatic carbocycles. The van der Waals surface area contributed by atoms with Gasteiger partial charge >= 0.3 is 5.97 Å². The van der Waals surface area contributed by atoms with Crippen molar-refractivity contribution < 1.29 is 18.9 Å². The number of esters is 1. The van der Waals surface area contributed by atoms with E-state index in [-0.39, 0.29) is 24.7 Å². The SMILES string of the molecule is O=C(CCCNc1ccccc1[N+](=O)[O-])OCc1coc(-c2cccs2)n1. The maximum Gasteiger partial charge on any atom is 0.306 e. The second kappa shape index (κ2) is 8.95. The minimum atomic E-state index is -0.445. The van der Waals surface area contributed by atoms with Crippen LogP contribution < -0.4 is 5.32 Å². The zero-order chi connectivity index (χ0) is 19.1. The van der Waals surface area contributed by atoms with E-state index in [9.17, 15) is 14.9 Å². The number of benzene rings is 1. The summed E-state index contributed by atoms with van der Waals surface area (Å²) in [6, 6.07) is 10.2. The molecule has 0 spiro atoms. The highest BCUT2D eigenvalue weighted by Gasteiger charge is 2.12. The van der Waals surface area contributed by atoms with Crippen LogP contribution in [0.15, 0.2) is 52.5 Å². The molecular formula is C18H17N3O5S. The van der Waals surface area contributed by atoms with Gasteiger partial charge in [0.25, 0.3) is 5.69 Å². The topological polar surface area (TPSA) is 108 Å². The fourth-order valence-corrected chi connectivity index (χ4v) is 3.01. The molecule has 2 heterocycles. The van der Waals surface area contributed by atoms with Gasteiger partial charge in [0.2, 0.25) is 5.89 Å². The summed E-state index contributed by atoms with van der Waals surface area (Å²) in [6.45, 7) is 0.470. The monoisotopic (exact) mass is 387 g/mol. The third-order valence-electron chi connectivity index (χ3n) is 3.64. The molecule has 8 nitrogen and oxygen atoms in total. The Labute approximate surface area is 159 Å². The number of anilines is 1. The normalized spacial score (nSPS) is 10.5. The second-order valence-electron chi connectivity index (χ2n) is 5.59. The van der Waals surface area contributed by atoms with Gasteiger partial charge in [-0.2, -0.15) is 0 Å². The average Bonchev–Trinajstić information content (AvgIpc) is 3.35. The van der Waals surface area contributed by atoms with Crippen molar-refractivity contribution in [1.82, 2.24) is 4.98 Å². The van der Waals surface area contributed by atoms with E-state index in [0.29, 0.717) is 30.2 Å². The van der Waals surface area contributed by atoms with Crippen LogP contribution in [0.3, 0.4) is 0 Å². The number of hydrogen-bond donors (Lipinski definition) is 1. The Hall–Kier alpha value is -3.20. The van der Waals surface area contributed by atoms with E-state index in [2.05, 4.69) is 10.3 Å². The van der Waals surface area contributed by atoms with Crippen LogP contribution in [-0.2, 0) is 16.1 Å². The van der Waals surface area contributed by atoms with E-state index in [4.69, 9.17) is 9.15 Å². The van der Waals surface area contributed by atoms with Gasteiger partial charge in [-0.1, -0.05) is 18.2 Å². The molecule has 2 aromatic heterocycles. The number of nitro groups is 1. The van der Waals surface area contributed by atoms with Crippen molar-refractivity contribution in [3.63, 3.8) is 0 Å². The summed E-state index contributed by atoms with van der Waals surface area (Å²) >= 11 is 1.52. The van der Waals surface area contributed by atoms with Crippen molar-refractivity contribution in [3.8, 4) is 10.8 Å². The fraction of sp³-hybridized carbons (Fsp3) is 0.222. The minimum Gasteiger partial charge on any atom is -0.459 e. The van der Waals surface area contributed by atoms with Crippen molar-refractivity contribution in [2.75, 3.05) is 11.9 Å². The lowest BCUT2D eigenvalue weighted by atomic mass is 10.2. The van der Waals surface area contributed by atoms with Crippen molar-refractivity contribution in [3.05, 3.63) is 63.8 Å². The van der Waals surface area contributed by atoms with Crippen molar-refractivity contribution >= 4 is 28.7 Å². The Kier molecular flexibility index (Phi) is 6.16. The highest BCUT2D eigenvalue weighted by atomic mass is 32.1. The Bertz CT molecular complexity index is 907. The van der Waals surface area contributed by atoms with E-state index in [1.165, 1.54) is 23.7 Å². The lowest BCUT2D eigenvalue weighted by molar-refractivity contribution is -0.384. The van der Waals surface area contributed by atoms with E-state index in [1.54, 1.807) is 18.2 Å². The van der Waals surface area contributed by atoms with Gasteiger partial charge in [0.05, 0.1) is 9.80 Å². The zero-order valence-electron chi connectivity index (χ0n) is 14.3. The van der Waals surface area contributed by atoms with Gasteiger partial charge in [-0.3, -0.25) is 14.9 Å². The van der Waals surface area contributed by atoms with Crippen LogP contribution in [0.2, 0.25) is 0 Å². The number of oxazole rings is 1. The van der Waals surface area contributed by atoms with E-state index >= 15 is 0 Å². The number of ether oxygens (including phenoxy) is 1. The molecule has 0 aliphatic rings. The molecule has 0 saturated heterocycles. The second-order valence-corrected chi connectivity index (χ2v) is 6.53. The number of thiophene rings is 1. The Morgan fingerprint density at radius 3 is 2.93 bits per heavy atom. The van der Waals surface area contributed by atoms with E-state index < -0.39 is 4.92 Å². The van der Waals surface area contributed by atoms with Gasteiger partial charge in [0.15, 0.2) is 0 Å². The van der Waals surface area contributed by atoms with Crippen LogP contribution >= 0.6 is 11.3 Å². The molecule has 0 amide bonds. The molecule has 3 aromatic rings. The molecule has 1 N–H and O–H groups in total. The fourth-order valence-electron chi connectivity index (χ4n) is 2.35. The molecule has 0 fully saturated rings. The highest BCUT2D eigenvalue weighted by molar-refractivity contribution is 7.13. The average molecular weight is 387 g/mol. The summed E-state index contributed by atoms with van der Waals surface area (Å²) in [5.41, 5.74) is 0.983. The number of nitro benzene ring substituents is 1. The zero-order valence-corrected chi connectivity index (χ0v) is 15.1. The molecule has 0 aliphatic heterocycles. The van der Waals surface area contributed by atoms with Gasteiger partial charge < -0.3 is 14.5 Å². The van der Waals surface area contributed by atoms with Gasteiger partial charge in [-0.15, -0.1) is 11.3 Å². The number of nitrogens with zero attached hydrogens (tertiary/aromatic N) is 2. The van der Waals surface area contributed by atoms with Crippen LogP contribution in [-0.4, -0.2) is 22.4 Å². The summed E-state index contributed by atoms with van der Waals surface area (Å²) in [5, 5.41) is 15.8. The minimum absolute atomic E-state index is 0.00709. The molecule has 0 radical (unpaired) electrons. The number of rotatable bonds is 9. The first-order valence-electron chi connectivity index (χ1n) is 8.24. The molecule has 9 heteroatoms. The van der Waals surface area contributed by atoms with Crippen molar-refractivity contribution in [1.29, 1.82) is 0 Å².